The maximum absolute atomic E-state index is 14.3. The summed E-state index contributed by atoms with van der Waals surface area (Å²) in [4.78, 5) is 51.1. The summed E-state index contributed by atoms with van der Waals surface area (Å²) in [5.74, 6) is -1.30. The molecule has 0 aromatic heterocycles. The van der Waals surface area contributed by atoms with Gasteiger partial charge < -0.3 is 89.1 Å². The molecule has 11 N–H and O–H groups in total. The number of phosphoric acid groups is 1. The molecule has 1 saturated carbocycles. The molecule has 2 heterocycles. The first-order valence-corrected chi connectivity index (χ1v) is 40.4. The van der Waals surface area contributed by atoms with Crippen LogP contribution in [0.2, 0.25) is 0 Å². The van der Waals surface area contributed by atoms with E-state index in [1.807, 2.05) is 0 Å². The van der Waals surface area contributed by atoms with Gasteiger partial charge in [-0.25, -0.2) is 4.57 Å². The topological polar surface area (TPSA) is 374 Å². The second kappa shape index (κ2) is 55.2. The normalized spacial score (nSPS) is 27.8. The van der Waals surface area contributed by atoms with E-state index in [1.54, 1.807) is 0 Å². The first-order chi connectivity index (χ1) is 47.7. The molecule has 3 rings (SSSR count). The summed E-state index contributed by atoms with van der Waals surface area (Å²) >= 11 is 0. The third kappa shape index (κ3) is 38.5. The Labute approximate surface area is 592 Å². The van der Waals surface area contributed by atoms with Crippen LogP contribution in [-0.2, 0) is 61.2 Å². The molecule has 2 aliphatic heterocycles. The molecule has 99 heavy (non-hydrogen) atoms. The number of carbonyl (C=O) groups excluding carboxylic acids is 3. The van der Waals surface area contributed by atoms with Gasteiger partial charge in [0, 0.05) is 19.3 Å². The van der Waals surface area contributed by atoms with Crippen LogP contribution in [0.15, 0.2) is 12.2 Å². The van der Waals surface area contributed by atoms with Crippen molar-refractivity contribution in [1.29, 1.82) is 0 Å². The van der Waals surface area contributed by atoms with E-state index in [9.17, 15) is 74.9 Å². The summed E-state index contributed by atoms with van der Waals surface area (Å²) in [6.45, 7) is 5.77. The summed E-state index contributed by atoms with van der Waals surface area (Å²) in [5.41, 5.74) is 0. The Kier molecular flexibility index (Phi) is 50.7. The van der Waals surface area contributed by atoms with Gasteiger partial charge in [0.1, 0.15) is 98.7 Å². The van der Waals surface area contributed by atoms with Crippen molar-refractivity contribution >= 4 is 25.7 Å². The van der Waals surface area contributed by atoms with E-state index >= 15 is 0 Å². The fourth-order valence-corrected chi connectivity index (χ4v) is 14.0. The summed E-state index contributed by atoms with van der Waals surface area (Å²) < 4.78 is 65.1. The minimum absolute atomic E-state index is 0.0317. The van der Waals surface area contributed by atoms with Crippen LogP contribution in [0.1, 0.15) is 304 Å². The van der Waals surface area contributed by atoms with Gasteiger partial charge in [-0.2, -0.15) is 0 Å². The lowest BCUT2D eigenvalue weighted by Gasteiger charge is -2.49. The van der Waals surface area contributed by atoms with Gasteiger partial charge in [0.15, 0.2) is 18.7 Å². The molecule has 19 unspecified atom stereocenters. The van der Waals surface area contributed by atoms with Crippen molar-refractivity contribution < 1.29 is 117 Å². The lowest BCUT2D eigenvalue weighted by molar-refractivity contribution is -0.360. The second-order valence-electron chi connectivity index (χ2n) is 28.3. The molecular formula is C74H137O24P. The molecule has 0 aromatic carbocycles. The Bertz CT molecular complexity index is 2110. The van der Waals surface area contributed by atoms with Crippen LogP contribution in [0.25, 0.3) is 0 Å². The monoisotopic (exact) mass is 1440 g/mol. The minimum atomic E-state index is -5.70. The number of carbonyl (C=O) groups is 3. The fourth-order valence-electron chi connectivity index (χ4n) is 13.0. The third-order valence-corrected chi connectivity index (χ3v) is 20.4. The van der Waals surface area contributed by atoms with Crippen molar-refractivity contribution in [3.63, 3.8) is 0 Å². The lowest BCUT2D eigenvalue weighted by atomic mass is 9.84. The van der Waals surface area contributed by atoms with E-state index in [1.165, 1.54) is 141 Å². The molecule has 19 atom stereocenters. The van der Waals surface area contributed by atoms with E-state index in [4.69, 9.17) is 42.2 Å². The molecule has 25 heteroatoms. The summed E-state index contributed by atoms with van der Waals surface area (Å²) in [6, 6.07) is 0. The van der Waals surface area contributed by atoms with Crippen molar-refractivity contribution in [1.82, 2.24) is 0 Å². The first kappa shape index (κ1) is 90.9. The number of phosphoric ester groups is 1. The van der Waals surface area contributed by atoms with E-state index in [-0.39, 0.29) is 19.3 Å². The number of aliphatic hydroxyl groups is 10. The number of rotatable bonds is 60. The molecule has 3 fully saturated rings. The van der Waals surface area contributed by atoms with E-state index in [2.05, 4.69) is 39.8 Å². The highest BCUT2D eigenvalue weighted by Gasteiger charge is 2.58. The molecule has 0 aromatic rings. The van der Waals surface area contributed by atoms with Gasteiger partial charge in [0.25, 0.3) is 0 Å². The standard InChI is InChI=1S/C74H137O24P/c1-5-8-11-14-17-19-21-23-24-26-27-29-31-37-43-48-59(77)91-53-57-62(80)64(82)69(87)74(95-57)97-71-67(85)65(83)66(84)70(96-73-68(86)63(81)61(79)56(50-75)94-73)72(71)98-99(88,89)92-52-55(93-60(78)49-44-39-32-30-28-25-22-20-18-15-12-9-6-2)51-90-58(76)47-42-38-34-33-36-41-46-54(4)45-40-35-16-13-10-7-3/h25,28,54-57,61-75,79-87H,5-24,26-27,29-53H2,1-4H3,(H,88,89)/b28-25-. The maximum atomic E-state index is 14.3. The Hall–Kier alpha value is -2.30. The van der Waals surface area contributed by atoms with Gasteiger partial charge in [-0.1, -0.05) is 252 Å². The number of unbranched alkanes of at least 4 members (excludes halogenated alkanes) is 33. The molecule has 0 bridgehead atoms. The Balaban J connectivity index is 1.73. The molecule has 24 nitrogen and oxygen atoms in total. The molecule has 0 amide bonds. The minimum Gasteiger partial charge on any atom is -0.463 e. The summed E-state index contributed by atoms with van der Waals surface area (Å²) in [6.07, 6.45) is 12.8. The van der Waals surface area contributed by atoms with Crippen LogP contribution in [-0.4, -0.2) is 204 Å². The average molecular weight is 1440 g/mol. The molecule has 0 radical (unpaired) electrons. The van der Waals surface area contributed by atoms with Crippen LogP contribution >= 0.6 is 7.82 Å². The number of ether oxygens (including phenoxy) is 7. The van der Waals surface area contributed by atoms with E-state index in [0.29, 0.717) is 31.6 Å². The number of allylic oxidation sites excluding steroid dienone is 2. The highest BCUT2D eigenvalue weighted by molar-refractivity contribution is 7.47. The van der Waals surface area contributed by atoms with Crippen molar-refractivity contribution in [2.45, 2.75) is 408 Å². The fraction of sp³-hybridized carbons (Fsp3) is 0.932. The first-order valence-electron chi connectivity index (χ1n) is 38.9. The zero-order valence-corrected chi connectivity index (χ0v) is 61.8. The van der Waals surface area contributed by atoms with Crippen molar-refractivity contribution in [3.8, 4) is 0 Å². The number of hydrogen-bond donors (Lipinski definition) is 11. The Morgan fingerprint density at radius 1 is 0.414 bits per heavy atom. The van der Waals surface area contributed by atoms with Gasteiger partial charge >= 0.3 is 25.7 Å². The Morgan fingerprint density at radius 3 is 1.20 bits per heavy atom. The lowest BCUT2D eigenvalue weighted by Crippen LogP contribution is -2.69. The maximum Gasteiger partial charge on any atom is 0.472 e. The zero-order valence-electron chi connectivity index (χ0n) is 61.0. The summed E-state index contributed by atoms with van der Waals surface area (Å²) in [7, 11) is -5.70. The van der Waals surface area contributed by atoms with E-state index in [0.717, 1.165) is 89.9 Å². The van der Waals surface area contributed by atoms with Crippen molar-refractivity contribution in [3.05, 3.63) is 12.2 Å². The second-order valence-corrected chi connectivity index (χ2v) is 29.8. The predicted octanol–water partition coefficient (Wildman–Crippen LogP) is 11.0. The van der Waals surface area contributed by atoms with Crippen molar-refractivity contribution in [2.24, 2.45) is 5.92 Å². The van der Waals surface area contributed by atoms with Gasteiger partial charge in [0.2, 0.25) is 0 Å². The number of esters is 3. The molecule has 582 valence electrons. The zero-order chi connectivity index (χ0) is 72.6. The van der Waals surface area contributed by atoms with Gasteiger partial charge in [-0.3, -0.25) is 23.4 Å². The van der Waals surface area contributed by atoms with Crippen LogP contribution in [0.5, 0.6) is 0 Å². The van der Waals surface area contributed by atoms with Gasteiger partial charge in [-0.15, -0.1) is 0 Å². The molecule has 2 saturated heterocycles. The quantitative estimate of drug-likeness (QED) is 0.00886. The molecule has 3 aliphatic rings. The Morgan fingerprint density at radius 2 is 0.768 bits per heavy atom. The van der Waals surface area contributed by atoms with E-state index < -0.39 is 156 Å². The predicted molar refractivity (Wildman–Crippen MR) is 375 cm³/mol. The van der Waals surface area contributed by atoms with Gasteiger partial charge in [-0.05, 0) is 50.9 Å². The molecule has 1 aliphatic carbocycles. The smallest absolute Gasteiger partial charge is 0.463 e. The van der Waals surface area contributed by atoms with Crippen LogP contribution in [0.3, 0.4) is 0 Å². The molecule has 0 spiro atoms. The number of hydrogen-bond acceptors (Lipinski definition) is 23. The number of aliphatic hydroxyl groups excluding tert-OH is 10. The SMILES string of the molecule is CCCCCCCC/C=C\CCCCCC(=O)OC(COC(=O)CCCCCCCCC(C)CCCCCCCC)COP(=O)(O)OC1C(OC2OC(CO)C(O)C(O)C2O)C(O)C(O)C(O)C1OC1OC(COC(=O)CCCCCCCCCCCCCCCCC)C(O)C(O)C1O. The highest BCUT2D eigenvalue weighted by Crippen LogP contribution is 2.49. The van der Waals surface area contributed by atoms with Crippen molar-refractivity contribution in [2.75, 3.05) is 26.4 Å². The van der Waals surface area contributed by atoms with Crippen LogP contribution in [0, 0.1) is 5.92 Å². The van der Waals surface area contributed by atoms with Gasteiger partial charge in [0.05, 0.1) is 13.2 Å². The average Bonchev–Trinajstić information content (AvgIpc) is 0.762. The largest absolute Gasteiger partial charge is 0.472 e. The van der Waals surface area contributed by atoms with Crippen LogP contribution in [0.4, 0.5) is 0 Å². The van der Waals surface area contributed by atoms with Crippen LogP contribution < -0.4 is 0 Å². The molecular weight excluding hydrogens is 1300 g/mol. The third-order valence-electron chi connectivity index (χ3n) is 19.4. The summed E-state index contributed by atoms with van der Waals surface area (Å²) in [5, 5.41) is 110. The highest BCUT2D eigenvalue weighted by atomic mass is 31.2.